The Morgan fingerprint density at radius 1 is 1.11 bits per heavy atom. The summed E-state index contributed by atoms with van der Waals surface area (Å²) in [7, 11) is 3.75. The number of imidazole rings is 1. The summed E-state index contributed by atoms with van der Waals surface area (Å²) in [4.78, 5) is 26.1. The molecule has 0 aliphatic carbocycles. The maximum atomic E-state index is 13.0. The van der Waals surface area contributed by atoms with E-state index in [4.69, 9.17) is 0 Å². The van der Waals surface area contributed by atoms with Crippen LogP contribution in [0.5, 0.6) is 0 Å². The molecule has 0 aliphatic rings. The summed E-state index contributed by atoms with van der Waals surface area (Å²) in [6.07, 6.45) is 1.69. The molecule has 0 atom stereocenters. The van der Waals surface area contributed by atoms with Gasteiger partial charge in [0.05, 0.1) is 16.6 Å². The molecule has 0 fully saturated rings. The molecule has 7 nitrogen and oxygen atoms in total. The predicted octanol–water partition coefficient (Wildman–Crippen LogP) is 3.09. The lowest BCUT2D eigenvalue weighted by Crippen LogP contribution is -2.28. The second-order valence-electron chi connectivity index (χ2n) is 6.83. The highest BCUT2D eigenvalue weighted by molar-refractivity contribution is 6.07. The van der Waals surface area contributed by atoms with Gasteiger partial charge in [-0.3, -0.25) is 10.1 Å². The standard InChI is InChI=1S/C21H28N6O/c1-5-26(6-2)14-15-27-18-12-8-7-11-17(18)23-21(27)24-20(28)16-10-9-13-22-19(16)25(3)4/h7-13H,5-6,14-15H2,1-4H3,(H,23,24,28). The average molecular weight is 380 g/mol. The van der Waals surface area contributed by atoms with Crippen LogP contribution in [-0.2, 0) is 6.54 Å². The zero-order valence-electron chi connectivity index (χ0n) is 17.0. The topological polar surface area (TPSA) is 66.3 Å². The summed E-state index contributed by atoms with van der Waals surface area (Å²) in [6, 6.07) is 11.5. The normalized spacial score (nSPS) is 11.2. The third-order valence-corrected chi connectivity index (χ3v) is 4.87. The van der Waals surface area contributed by atoms with Gasteiger partial charge in [-0.25, -0.2) is 9.97 Å². The van der Waals surface area contributed by atoms with Crippen LogP contribution in [0.1, 0.15) is 24.2 Å². The number of carbonyl (C=O) groups is 1. The van der Waals surface area contributed by atoms with E-state index >= 15 is 0 Å². The van der Waals surface area contributed by atoms with Crippen LogP contribution in [-0.4, -0.2) is 59.1 Å². The van der Waals surface area contributed by atoms with Crippen molar-refractivity contribution in [2.45, 2.75) is 20.4 Å². The second-order valence-corrected chi connectivity index (χ2v) is 6.83. The number of aromatic nitrogens is 3. The molecular weight excluding hydrogens is 352 g/mol. The second kappa shape index (κ2) is 8.84. The van der Waals surface area contributed by atoms with E-state index < -0.39 is 0 Å². The first kappa shape index (κ1) is 19.8. The third kappa shape index (κ3) is 4.14. The summed E-state index contributed by atoms with van der Waals surface area (Å²) in [5, 5.41) is 3.00. The third-order valence-electron chi connectivity index (χ3n) is 4.87. The molecule has 2 aromatic heterocycles. The van der Waals surface area contributed by atoms with Crippen LogP contribution in [0.15, 0.2) is 42.6 Å². The molecule has 0 aliphatic heterocycles. The Kier molecular flexibility index (Phi) is 6.26. The lowest BCUT2D eigenvalue weighted by atomic mass is 10.2. The highest BCUT2D eigenvalue weighted by atomic mass is 16.1. The maximum absolute atomic E-state index is 13.0. The van der Waals surface area contributed by atoms with E-state index in [1.807, 2.05) is 43.3 Å². The number of para-hydroxylation sites is 2. The number of nitrogens with zero attached hydrogens (tertiary/aromatic N) is 5. The van der Waals surface area contributed by atoms with Gasteiger partial charge >= 0.3 is 0 Å². The Morgan fingerprint density at radius 3 is 2.57 bits per heavy atom. The number of carbonyl (C=O) groups excluding carboxylic acids is 1. The van der Waals surface area contributed by atoms with E-state index in [2.05, 4.69) is 38.6 Å². The van der Waals surface area contributed by atoms with Crippen LogP contribution < -0.4 is 10.2 Å². The van der Waals surface area contributed by atoms with Gasteiger partial charge in [0, 0.05) is 33.4 Å². The molecule has 0 radical (unpaired) electrons. The van der Waals surface area contributed by atoms with E-state index in [0.717, 1.165) is 37.2 Å². The zero-order chi connectivity index (χ0) is 20.1. The Balaban J connectivity index is 1.92. The van der Waals surface area contributed by atoms with Crippen molar-refractivity contribution in [2.75, 3.05) is 43.9 Å². The number of anilines is 2. The minimum absolute atomic E-state index is 0.212. The number of hydrogen-bond donors (Lipinski definition) is 1. The van der Waals surface area contributed by atoms with Gasteiger partial charge in [0.1, 0.15) is 5.82 Å². The van der Waals surface area contributed by atoms with Crippen molar-refractivity contribution in [1.82, 2.24) is 19.4 Å². The van der Waals surface area contributed by atoms with Gasteiger partial charge in [-0.15, -0.1) is 0 Å². The average Bonchev–Trinajstić information content (AvgIpc) is 3.05. The highest BCUT2D eigenvalue weighted by Gasteiger charge is 2.18. The lowest BCUT2D eigenvalue weighted by molar-refractivity contribution is 0.102. The Hall–Kier alpha value is -2.93. The maximum Gasteiger partial charge on any atom is 0.261 e. The number of nitrogens with one attached hydrogen (secondary N) is 1. The molecule has 3 aromatic rings. The molecule has 2 heterocycles. The molecule has 148 valence electrons. The SMILES string of the molecule is CCN(CC)CCn1c(NC(=O)c2cccnc2N(C)C)nc2ccccc21. The smallest absolute Gasteiger partial charge is 0.261 e. The first-order valence-electron chi connectivity index (χ1n) is 9.66. The van der Waals surface area contributed by atoms with Crippen molar-refractivity contribution in [2.24, 2.45) is 0 Å². The fourth-order valence-corrected chi connectivity index (χ4v) is 3.28. The lowest BCUT2D eigenvalue weighted by Gasteiger charge is -2.19. The molecule has 1 aromatic carbocycles. The molecule has 0 bridgehead atoms. The van der Waals surface area contributed by atoms with Crippen molar-refractivity contribution in [3.63, 3.8) is 0 Å². The minimum Gasteiger partial charge on any atom is -0.362 e. The van der Waals surface area contributed by atoms with Crippen LogP contribution >= 0.6 is 0 Å². The number of fused-ring (bicyclic) bond motifs is 1. The number of amides is 1. The molecule has 1 amide bonds. The molecule has 0 spiro atoms. The highest BCUT2D eigenvalue weighted by Crippen LogP contribution is 2.22. The summed E-state index contributed by atoms with van der Waals surface area (Å²) in [5.74, 6) is 0.980. The monoisotopic (exact) mass is 380 g/mol. The van der Waals surface area contributed by atoms with Crippen molar-refractivity contribution >= 4 is 28.7 Å². The first-order chi connectivity index (χ1) is 13.5. The fourth-order valence-electron chi connectivity index (χ4n) is 3.28. The van der Waals surface area contributed by atoms with Gasteiger partial charge in [0.15, 0.2) is 0 Å². The Morgan fingerprint density at radius 2 is 1.86 bits per heavy atom. The number of likely N-dealkylation sites (N-methyl/N-ethyl adjacent to an activating group) is 1. The summed E-state index contributed by atoms with van der Waals surface area (Å²) in [5.41, 5.74) is 2.41. The van der Waals surface area contributed by atoms with Crippen LogP contribution in [0, 0.1) is 0 Å². The van der Waals surface area contributed by atoms with Crippen LogP contribution in [0.2, 0.25) is 0 Å². The predicted molar refractivity (Wildman–Crippen MR) is 114 cm³/mol. The van der Waals surface area contributed by atoms with E-state index in [-0.39, 0.29) is 5.91 Å². The van der Waals surface area contributed by atoms with Gasteiger partial charge in [-0.05, 0) is 37.4 Å². The van der Waals surface area contributed by atoms with Crippen LogP contribution in [0.25, 0.3) is 11.0 Å². The van der Waals surface area contributed by atoms with E-state index in [9.17, 15) is 4.79 Å². The summed E-state index contributed by atoms with van der Waals surface area (Å²) in [6.45, 7) is 7.95. The zero-order valence-corrected chi connectivity index (χ0v) is 17.0. The fraction of sp³-hybridized carbons (Fsp3) is 0.381. The molecule has 7 heteroatoms. The van der Waals surface area contributed by atoms with Gasteiger partial charge in [-0.2, -0.15) is 0 Å². The summed E-state index contributed by atoms with van der Waals surface area (Å²) < 4.78 is 2.08. The van der Waals surface area contributed by atoms with E-state index in [1.54, 1.807) is 18.3 Å². The van der Waals surface area contributed by atoms with Gasteiger partial charge < -0.3 is 14.4 Å². The molecular formula is C21H28N6O. The molecule has 0 saturated heterocycles. The van der Waals surface area contributed by atoms with E-state index in [1.165, 1.54) is 0 Å². The quantitative estimate of drug-likeness (QED) is 0.650. The van der Waals surface area contributed by atoms with Crippen molar-refractivity contribution in [3.8, 4) is 0 Å². The minimum atomic E-state index is -0.212. The van der Waals surface area contributed by atoms with Crippen LogP contribution in [0.3, 0.4) is 0 Å². The number of rotatable bonds is 8. The number of hydrogen-bond acceptors (Lipinski definition) is 5. The Bertz CT molecular complexity index is 945. The van der Waals surface area contributed by atoms with Crippen LogP contribution in [0.4, 0.5) is 11.8 Å². The largest absolute Gasteiger partial charge is 0.362 e. The Labute approximate surface area is 166 Å². The van der Waals surface area contributed by atoms with Crippen molar-refractivity contribution in [3.05, 3.63) is 48.2 Å². The van der Waals surface area contributed by atoms with E-state index in [0.29, 0.717) is 17.3 Å². The molecule has 1 N–H and O–H groups in total. The number of benzene rings is 1. The van der Waals surface area contributed by atoms with Gasteiger partial charge in [0.25, 0.3) is 5.91 Å². The molecule has 3 rings (SSSR count). The molecule has 0 unspecified atom stereocenters. The molecule has 0 saturated carbocycles. The first-order valence-corrected chi connectivity index (χ1v) is 9.66. The van der Waals surface area contributed by atoms with Gasteiger partial charge in [0.2, 0.25) is 5.95 Å². The number of pyridine rings is 1. The van der Waals surface area contributed by atoms with Crippen molar-refractivity contribution < 1.29 is 4.79 Å². The van der Waals surface area contributed by atoms with Gasteiger partial charge in [-0.1, -0.05) is 26.0 Å². The molecule has 28 heavy (non-hydrogen) atoms. The van der Waals surface area contributed by atoms with Crippen molar-refractivity contribution in [1.29, 1.82) is 0 Å². The summed E-state index contributed by atoms with van der Waals surface area (Å²) >= 11 is 0.